The van der Waals surface area contributed by atoms with Crippen molar-refractivity contribution in [1.82, 2.24) is 0 Å². The number of nitrogens with zero attached hydrogens (tertiary/aromatic N) is 2. The number of fused-ring (bicyclic) bond motifs is 1. The topological polar surface area (TPSA) is 88.8 Å². The third kappa shape index (κ3) is 5.74. The Morgan fingerprint density at radius 2 is 1.70 bits per heavy atom. The van der Waals surface area contributed by atoms with Gasteiger partial charge in [0.25, 0.3) is 5.69 Å². The normalized spacial score (nSPS) is 14.2. The first-order valence-corrected chi connectivity index (χ1v) is 10.4. The van der Waals surface area contributed by atoms with Crippen LogP contribution in [0.15, 0.2) is 77.8 Å². The fourth-order valence-electron chi connectivity index (χ4n) is 3.27. The zero-order chi connectivity index (χ0) is 23.4. The van der Waals surface area contributed by atoms with Gasteiger partial charge in [-0.2, -0.15) is 0 Å². The summed E-state index contributed by atoms with van der Waals surface area (Å²) < 4.78 is 19.2. The third-order valence-electron chi connectivity index (χ3n) is 4.98. The summed E-state index contributed by atoms with van der Waals surface area (Å²) in [5.41, 5.74) is 2.84. The van der Waals surface area contributed by atoms with Gasteiger partial charge in [-0.3, -0.25) is 10.1 Å². The number of hydrogen-bond donors (Lipinski definition) is 2. The van der Waals surface area contributed by atoms with Crippen molar-refractivity contribution in [2.75, 3.05) is 10.6 Å². The van der Waals surface area contributed by atoms with Crippen molar-refractivity contribution in [3.63, 3.8) is 0 Å². The quantitative estimate of drug-likeness (QED) is 0.217. The van der Waals surface area contributed by atoms with Crippen LogP contribution in [0.5, 0.6) is 5.75 Å². The minimum atomic E-state index is -0.449. The lowest BCUT2D eigenvalue weighted by Gasteiger charge is -2.28. The van der Waals surface area contributed by atoms with Crippen LogP contribution in [0.4, 0.5) is 21.5 Å². The van der Waals surface area contributed by atoms with E-state index in [0.29, 0.717) is 18.2 Å². The van der Waals surface area contributed by atoms with Gasteiger partial charge in [-0.15, -0.1) is 0 Å². The second-order valence-electron chi connectivity index (χ2n) is 8.14. The summed E-state index contributed by atoms with van der Waals surface area (Å²) in [7, 11) is 0. The number of benzene rings is 3. The van der Waals surface area contributed by atoms with E-state index in [1.165, 1.54) is 24.3 Å². The summed E-state index contributed by atoms with van der Waals surface area (Å²) in [5.74, 6) is 0.924. The highest BCUT2D eigenvalue weighted by Gasteiger charge is 2.21. The smallest absolute Gasteiger partial charge is 0.269 e. The molecular weight excluding hydrogens is 423 g/mol. The molecule has 1 heterocycles. The molecule has 0 atom stereocenters. The van der Waals surface area contributed by atoms with E-state index in [1.54, 1.807) is 24.3 Å². The molecular formula is C25H23FN4O3. The Bertz CT molecular complexity index is 1220. The highest BCUT2D eigenvalue weighted by molar-refractivity contribution is 6.03. The molecule has 3 aromatic carbocycles. The molecule has 4 rings (SSSR count). The number of non-ortho nitro benzene ring substituents is 1. The average molecular weight is 446 g/mol. The fraction of sp³-hybridized carbons (Fsp3) is 0.160. The van der Waals surface area contributed by atoms with Gasteiger partial charge >= 0.3 is 0 Å². The number of rotatable bonds is 5. The average Bonchev–Trinajstić information content (AvgIpc) is 2.78. The van der Waals surface area contributed by atoms with Crippen molar-refractivity contribution in [2.24, 2.45) is 4.99 Å². The Morgan fingerprint density at radius 3 is 2.39 bits per heavy atom. The lowest BCUT2D eigenvalue weighted by molar-refractivity contribution is -0.384. The second-order valence-corrected chi connectivity index (χ2v) is 8.14. The van der Waals surface area contributed by atoms with Crippen molar-refractivity contribution in [3.05, 3.63) is 99.9 Å². The first-order valence-electron chi connectivity index (χ1n) is 10.4. The SMILES string of the molecule is CC1(C)C=Cc2cc(NC(=NCc3ccc(F)cc3)Nc3ccc([N+](=O)[O-])cc3)ccc2O1. The second kappa shape index (κ2) is 9.12. The van der Waals surface area contributed by atoms with E-state index < -0.39 is 4.92 Å². The zero-order valence-electron chi connectivity index (χ0n) is 18.2. The molecule has 0 fully saturated rings. The highest BCUT2D eigenvalue weighted by Crippen LogP contribution is 2.32. The molecule has 33 heavy (non-hydrogen) atoms. The number of nitrogens with one attached hydrogen (secondary N) is 2. The van der Waals surface area contributed by atoms with E-state index in [9.17, 15) is 14.5 Å². The van der Waals surface area contributed by atoms with Crippen LogP contribution < -0.4 is 15.4 Å². The molecule has 0 aromatic heterocycles. The summed E-state index contributed by atoms with van der Waals surface area (Å²) in [6.07, 6.45) is 4.01. The van der Waals surface area contributed by atoms with E-state index in [2.05, 4.69) is 15.6 Å². The van der Waals surface area contributed by atoms with Gasteiger partial charge in [0.05, 0.1) is 11.5 Å². The Kier molecular flexibility index (Phi) is 6.08. The number of aliphatic imine (C=N–C) groups is 1. The lowest BCUT2D eigenvalue weighted by Crippen LogP contribution is -2.27. The van der Waals surface area contributed by atoms with Crippen molar-refractivity contribution in [1.29, 1.82) is 0 Å². The molecule has 0 saturated heterocycles. The molecule has 1 aliphatic rings. The highest BCUT2D eigenvalue weighted by atomic mass is 19.1. The molecule has 0 saturated carbocycles. The molecule has 0 bridgehead atoms. The number of ether oxygens (including phenoxy) is 1. The number of halogens is 1. The zero-order valence-corrected chi connectivity index (χ0v) is 18.2. The predicted molar refractivity (Wildman–Crippen MR) is 128 cm³/mol. The molecule has 1 aliphatic heterocycles. The van der Waals surface area contributed by atoms with Gasteiger partial charge in [0.15, 0.2) is 0 Å². The molecule has 0 aliphatic carbocycles. The van der Waals surface area contributed by atoms with Crippen LogP contribution in [0.1, 0.15) is 25.0 Å². The van der Waals surface area contributed by atoms with E-state index in [4.69, 9.17) is 4.74 Å². The summed E-state index contributed by atoms with van der Waals surface area (Å²) in [6.45, 7) is 4.30. The van der Waals surface area contributed by atoms with E-state index >= 15 is 0 Å². The monoisotopic (exact) mass is 446 g/mol. The first kappa shape index (κ1) is 22.0. The Morgan fingerprint density at radius 1 is 1.03 bits per heavy atom. The molecule has 3 aromatic rings. The van der Waals surface area contributed by atoms with E-state index in [-0.39, 0.29) is 17.1 Å². The van der Waals surface area contributed by atoms with Crippen molar-refractivity contribution >= 4 is 29.1 Å². The van der Waals surface area contributed by atoms with Crippen molar-refractivity contribution < 1.29 is 14.1 Å². The molecule has 0 spiro atoms. The first-order chi connectivity index (χ1) is 15.8. The summed E-state index contributed by atoms with van der Waals surface area (Å²) in [5, 5.41) is 17.3. The minimum absolute atomic E-state index is 0.00251. The Hall–Kier alpha value is -4.20. The number of nitro benzene ring substituents is 1. The number of guanidine groups is 1. The molecule has 2 N–H and O–H groups in total. The molecule has 168 valence electrons. The number of nitro groups is 1. The summed E-state index contributed by atoms with van der Waals surface area (Å²) >= 11 is 0. The van der Waals surface area contributed by atoms with Crippen LogP contribution in [0, 0.1) is 15.9 Å². The third-order valence-corrected chi connectivity index (χ3v) is 4.98. The molecule has 0 unspecified atom stereocenters. The van der Waals surface area contributed by atoms with Crippen LogP contribution in [0.3, 0.4) is 0 Å². The van der Waals surface area contributed by atoms with Crippen LogP contribution in [0.2, 0.25) is 0 Å². The van der Waals surface area contributed by atoms with Gasteiger partial charge in [0.1, 0.15) is 17.2 Å². The minimum Gasteiger partial charge on any atom is -0.483 e. The lowest BCUT2D eigenvalue weighted by atomic mass is 10.0. The Balaban J connectivity index is 1.57. The van der Waals surface area contributed by atoms with Crippen LogP contribution in [-0.4, -0.2) is 16.5 Å². The van der Waals surface area contributed by atoms with Gasteiger partial charge in [-0.1, -0.05) is 18.2 Å². The maximum absolute atomic E-state index is 13.2. The van der Waals surface area contributed by atoms with Gasteiger partial charge < -0.3 is 15.4 Å². The Labute approximate surface area is 190 Å². The van der Waals surface area contributed by atoms with E-state index in [1.807, 2.05) is 44.2 Å². The van der Waals surface area contributed by atoms with Gasteiger partial charge in [-0.05, 0) is 68.0 Å². The van der Waals surface area contributed by atoms with Crippen LogP contribution in [-0.2, 0) is 6.54 Å². The maximum atomic E-state index is 13.2. The standard InChI is InChI=1S/C25H23FN4O3/c1-25(2)14-13-18-15-21(9-12-23(18)33-25)29-24(27-16-17-3-5-19(26)6-4-17)28-20-7-10-22(11-8-20)30(31)32/h3-15H,16H2,1-2H3,(H2,27,28,29). The van der Waals surface area contributed by atoms with Gasteiger partial charge in [-0.25, -0.2) is 9.38 Å². The van der Waals surface area contributed by atoms with Crippen molar-refractivity contribution in [2.45, 2.75) is 26.0 Å². The molecule has 0 radical (unpaired) electrons. The van der Waals surface area contributed by atoms with E-state index in [0.717, 1.165) is 22.6 Å². The van der Waals surface area contributed by atoms with Crippen LogP contribution in [0.25, 0.3) is 6.08 Å². The molecule has 8 heteroatoms. The summed E-state index contributed by atoms with van der Waals surface area (Å²) in [6, 6.07) is 17.9. The van der Waals surface area contributed by atoms with Crippen molar-refractivity contribution in [3.8, 4) is 5.75 Å². The number of anilines is 2. The molecule has 7 nitrogen and oxygen atoms in total. The largest absolute Gasteiger partial charge is 0.483 e. The number of hydrogen-bond acceptors (Lipinski definition) is 4. The maximum Gasteiger partial charge on any atom is 0.269 e. The van der Waals surface area contributed by atoms with Crippen LogP contribution >= 0.6 is 0 Å². The van der Waals surface area contributed by atoms with Gasteiger partial charge in [0.2, 0.25) is 5.96 Å². The summed E-state index contributed by atoms with van der Waals surface area (Å²) in [4.78, 5) is 15.1. The fourth-order valence-corrected chi connectivity index (χ4v) is 3.27. The predicted octanol–water partition coefficient (Wildman–Crippen LogP) is 6.00. The van der Waals surface area contributed by atoms with Gasteiger partial charge in [0, 0.05) is 29.1 Å². The molecule has 0 amide bonds.